The first kappa shape index (κ1) is 21.8. The number of aromatic nitrogens is 3. The van der Waals surface area contributed by atoms with Crippen molar-refractivity contribution in [2.24, 2.45) is 0 Å². The van der Waals surface area contributed by atoms with Crippen molar-refractivity contribution >= 4 is 17.4 Å². The van der Waals surface area contributed by atoms with Crippen LogP contribution in [0.15, 0.2) is 30.5 Å². The van der Waals surface area contributed by atoms with Crippen LogP contribution in [0.1, 0.15) is 12.5 Å². The number of hydrogen-bond acceptors (Lipinski definition) is 4. The van der Waals surface area contributed by atoms with Gasteiger partial charge in [-0.25, -0.2) is 23.1 Å². The maximum absolute atomic E-state index is 14.3. The van der Waals surface area contributed by atoms with Crippen LogP contribution in [0.4, 0.5) is 32.2 Å². The predicted molar refractivity (Wildman–Crippen MR) is 99.5 cm³/mol. The SMILES string of the molecule is Cc1ccnc(-c2nc(Cl)c(-c3c(F)cc(F)cc3F)c(N[C@@H](C)C(F)(F)F)n2)c1. The summed E-state index contributed by atoms with van der Waals surface area (Å²) in [5.74, 6) is -4.69. The zero-order valence-electron chi connectivity index (χ0n) is 15.5. The summed E-state index contributed by atoms with van der Waals surface area (Å²) in [5, 5.41) is 1.53. The highest BCUT2D eigenvalue weighted by atomic mass is 35.5. The summed E-state index contributed by atoms with van der Waals surface area (Å²) in [6, 6.07) is 1.84. The third-order valence-electron chi connectivity index (χ3n) is 4.11. The maximum Gasteiger partial charge on any atom is 0.408 e. The molecule has 2 aromatic heterocycles. The van der Waals surface area contributed by atoms with Crippen LogP contribution in [0.3, 0.4) is 0 Å². The number of pyridine rings is 1. The van der Waals surface area contributed by atoms with E-state index in [1.165, 1.54) is 6.20 Å². The van der Waals surface area contributed by atoms with Crippen molar-refractivity contribution in [3.8, 4) is 22.6 Å². The fourth-order valence-electron chi connectivity index (χ4n) is 2.60. The zero-order valence-corrected chi connectivity index (χ0v) is 16.2. The Labute approximate surface area is 172 Å². The van der Waals surface area contributed by atoms with Gasteiger partial charge in [-0.2, -0.15) is 13.2 Å². The molecule has 0 spiro atoms. The lowest BCUT2D eigenvalue weighted by Gasteiger charge is -2.21. The fraction of sp³-hybridized carbons (Fsp3) is 0.211. The van der Waals surface area contributed by atoms with Gasteiger partial charge in [0.1, 0.15) is 40.2 Å². The van der Waals surface area contributed by atoms with E-state index in [1.807, 2.05) is 0 Å². The normalized spacial score (nSPS) is 12.7. The van der Waals surface area contributed by atoms with Crippen LogP contribution in [-0.4, -0.2) is 27.2 Å². The van der Waals surface area contributed by atoms with Crippen molar-refractivity contribution in [3.63, 3.8) is 0 Å². The fourth-order valence-corrected chi connectivity index (χ4v) is 2.86. The summed E-state index contributed by atoms with van der Waals surface area (Å²) in [6.07, 6.45) is -3.27. The van der Waals surface area contributed by atoms with Crippen LogP contribution in [0.5, 0.6) is 0 Å². The summed E-state index contributed by atoms with van der Waals surface area (Å²) >= 11 is 6.11. The molecule has 0 radical (unpaired) electrons. The smallest absolute Gasteiger partial charge is 0.358 e. The molecule has 0 fully saturated rings. The van der Waals surface area contributed by atoms with Gasteiger partial charge in [-0.15, -0.1) is 0 Å². The Bertz CT molecular complexity index is 1080. The summed E-state index contributed by atoms with van der Waals surface area (Å²) < 4.78 is 81.3. The first-order valence-corrected chi connectivity index (χ1v) is 8.84. The van der Waals surface area contributed by atoms with Crippen molar-refractivity contribution in [1.29, 1.82) is 0 Å². The second-order valence-corrected chi connectivity index (χ2v) is 6.79. The number of rotatable bonds is 4. The predicted octanol–water partition coefficient (Wildman–Crippen LogP) is 5.95. The molecule has 4 nitrogen and oxygen atoms in total. The van der Waals surface area contributed by atoms with Gasteiger partial charge >= 0.3 is 6.18 Å². The minimum absolute atomic E-state index is 0.160. The molecule has 0 unspecified atom stereocenters. The van der Waals surface area contributed by atoms with Gasteiger partial charge in [-0.05, 0) is 31.5 Å². The van der Waals surface area contributed by atoms with E-state index in [0.29, 0.717) is 12.1 Å². The highest BCUT2D eigenvalue weighted by molar-refractivity contribution is 6.32. The highest BCUT2D eigenvalue weighted by Crippen LogP contribution is 2.39. The number of halogens is 7. The van der Waals surface area contributed by atoms with Crippen molar-refractivity contribution in [2.75, 3.05) is 5.32 Å². The van der Waals surface area contributed by atoms with E-state index in [1.54, 1.807) is 19.1 Å². The van der Waals surface area contributed by atoms with Crippen molar-refractivity contribution in [1.82, 2.24) is 15.0 Å². The van der Waals surface area contributed by atoms with Gasteiger partial charge < -0.3 is 5.32 Å². The number of aryl methyl sites for hydroxylation is 1. The Morgan fingerprint density at radius 3 is 2.20 bits per heavy atom. The largest absolute Gasteiger partial charge is 0.408 e. The molecular formula is C19H13ClF6N4. The third kappa shape index (κ3) is 4.48. The van der Waals surface area contributed by atoms with Crippen molar-refractivity contribution in [2.45, 2.75) is 26.1 Å². The summed E-state index contributed by atoms with van der Waals surface area (Å²) in [6.45, 7) is 2.54. The molecule has 1 atom stereocenters. The van der Waals surface area contributed by atoms with E-state index < -0.39 is 51.8 Å². The van der Waals surface area contributed by atoms with Gasteiger partial charge in [0, 0.05) is 18.3 Å². The molecule has 0 aliphatic heterocycles. The molecule has 0 saturated heterocycles. The van der Waals surface area contributed by atoms with Crippen molar-refractivity contribution in [3.05, 3.63) is 58.6 Å². The first-order valence-electron chi connectivity index (χ1n) is 8.46. The lowest BCUT2D eigenvalue weighted by atomic mass is 10.1. The van der Waals surface area contributed by atoms with Gasteiger partial charge in [0.15, 0.2) is 5.82 Å². The van der Waals surface area contributed by atoms with Gasteiger partial charge in [0.2, 0.25) is 0 Å². The topological polar surface area (TPSA) is 50.7 Å². The van der Waals surface area contributed by atoms with E-state index in [4.69, 9.17) is 11.6 Å². The van der Waals surface area contributed by atoms with E-state index in [2.05, 4.69) is 20.3 Å². The molecule has 0 amide bonds. The molecule has 0 saturated carbocycles. The van der Waals surface area contributed by atoms with Crippen LogP contribution >= 0.6 is 11.6 Å². The lowest BCUT2D eigenvalue weighted by molar-refractivity contribution is -0.138. The Hall–Kier alpha value is -2.88. The Balaban J connectivity index is 2.26. The number of benzene rings is 1. The molecule has 1 aromatic carbocycles. The number of hydrogen-bond donors (Lipinski definition) is 1. The minimum atomic E-state index is -4.70. The van der Waals surface area contributed by atoms with E-state index in [0.717, 1.165) is 12.5 Å². The summed E-state index contributed by atoms with van der Waals surface area (Å²) in [4.78, 5) is 12.0. The van der Waals surface area contributed by atoms with Crippen LogP contribution < -0.4 is 5.32 Å². The molecule has 3 aromatic rings. The second kappa shape index (κ2) is 8.10. The van der Waals surface area contributed by atoms with Gasteiger partial charge in [-0.1, -0.05) is 11.6 Å². The quantitative estimate of drug-likeness (QED) is 0.397. The van der Waals surface area contributed by atoms with Crippen LogP contribution in [0.25, 0.3) is 22.6 Å². The minimum Gasteiger partial charge on any atom is -0.358 e. The van der Waals surface area contributed by atoms with E-state index in [9.17, 15) is 26.3 Å². The van der Waals surface area contributed by atoms with Gasteiger partial charge in [-0.3, -0.25) is 4.98 Å². The van der Waals surface area contributed by atoms with E-state index >= 15 is 0 Å². The lowest BCUT2D eigenvalue weighted by Crippen LogP contribution is -2.33. The molecule has 0 aliphatic carbocycles. The number of nitrogens with zero attached hydrogens (tertiary/aromatic N) is 3. The second-order valence-electron chi connectivity index (χ2n) is 6.43. The Kier molecular flexibility index (Phi) is 5.89. The number of nitrogens with one attached hydrogen (secondary N) is 1. The molecule has 11 heteroatoms. The summed E-state index contributed by atoms with van der Waals surface area (Å²) in [7, 11) is 0. The standard InChI is InChI=1S/C19H13ClF6N4/c1-8-3-4-27-13(5-8)17-29-16(20)15(14-11(22)6-10(21)7-12(14)23)18(30-17)28-9(2)19(24,25)26/h3-7,9H,1-2H3,(H,28,29,30)/t9-/m0/s1. The monoisotopic (exact) mass is 446 g/mol. The average Bonchev–Trinajstić information content (AvgIpc) is 2.62. The first-order chi connectivity index (χ1) is 14.0. The van der Waals surface area contributed by atoms with Gasteiger partial charge in [0.05, 0.1) is 11.1 Å². The molecule has 2 heterocycles. The maximum atomic E-state index is 14.3. The van der Waals surface area contributed by atoms with Crippen LogP contribution in [-0.2, 0) is 0 Å². The van der Waals surface area contributed by atoms with Crippen LogP contribution in [0, 0.1) is 24.4 Å². The van der Waals surface area contributed by atoms with Crippen molar-refractivity contribution < 1.29 is 26.3 Å². The molecule has 0 bridgehead atoms. The Morgan fingerprint density at radius 2 is 1.63 bits per heavy atom. The molecule has 30 heavy (non-hydrogen) atoms. The average molecular weight is 447 g/mol. The molecule has 0 aliphatic rings. The molecule has 158 valence electrons. The zero-order chi connectivity index (χ0) is 22.2. The molecule has 1 N–H and O–H groups in total. The molecule has 3 rings (SSSR count). The number of alkyl halides is 3. The molecular weight excluding hydrogens is 434 g/mol. The third-order valence-corrected chi connectivity index (χ3v) is 4.38. The van der Waals surface area contributed by atoms with Crippen LogP contribution in [0.2, 0.25) is 5.15 Å². The van der Waals surface area contributed by atoms with E-state index in [-0.39, 0.29) is 11.5 Å². The Morgan fingerprint density at radius 1 is 1.00 bits per heavy atom. The van der Waals surface area contributed by atoms with Gasteiger partial charge in [0.25, 0.3) is 0 Å². The highest BCUT2D eigenvalue weighted by Gasteiger charge is 2.37. The number of anilines is 1. The summed E-state index contributed by atoms with van der Waals surface area (Å²) in [5.41, 5.74) is -0.481.